The third-order valence-electron chi connectivity index (χ3n) is 4.14. The van der Waals surface area contributed by atoms with E-state index >= 15 is 0 Å². The van der Waals surface area contributed by atoms with Crippen LogP contribution in [0.3, 0.4) is 0 Å². The number of alkyl halides is 1. The summed E-state index contributed by atoms with van der Waals surface area (Å²) >= 11 is 3.68. The lowest BCUT2D eigenvalue weighted by Crippen LogP contribution is -2.51. The molecule has 1 heterocycles. The van der Waals surface area contributed by atoms with Crippen LogP contribution in [0.2, 0.25) is 0 Å². The van der Waals surface area contributed by atoms with Crippen LogP contribution in [0.4, 0.5) is 0 Å². The zero-order valence-electron chi connectivity index (χ0n) is 9.45. The van der Waals surface area contributed by atoms with E-state index in [0.29, 0.717) is 18.3 Å². The maximum Gasteiger partial charge on any atom is 0.184 e. The lowest BCUT2D eigenvalue weighted by molar-refractivity contribution is -0.241. The van der Waals surface area contributed by atoms with Crippen LogP contribution in [0.1, 0.15) is 32.6 Å². The van der Waals surface area contributed by atoms with Crippen molar-refractivity contribution >= 4 is 21.7 Å². The largest absolute Gasteiger partial charge is 0.349 e. The maximum absolute atomic E-state index is 12.0. The summed E-state index contributed by atoms with van der Waals surface area (Å²) in [6.45, 7) is 2.81. The van der Waals surface area contributed by atoms with Crippen molar-refractivity contribution in [3.63, 3.8) is 0 Å². The fourth-order valence-electron chi connectivity index (χ4n) is 3.41. The van der Waals surface area contributed by atoms with Crippen molar-refractivity contribution in [2.24, 2.45) is 11.8 Å². The highest BCUT2D eigenvalue weighted by atomic mass is 79.9. The molecule has 1 aliphatic heterocycles. The van der Waals surface area contributed by atoms with E-state index in [-0.39, 0.29) is 16.8 Å². The smallest absolute Gasteiger partial charge is 0.184 e. The molecule has 0 amide bonds. The normalized spacial score (nSPS) is 50.0. The van der Waals surface area contributed by atoms with Crippen LogP contribution in [0, 0.1) is 11.8 Å². The predicted molar refractivity (Wildman–Crippen MR) is 62.4 cm³/mol. The first-order chi connectivity index (χ1) is 7.67. The molecule has 3 aliphatic rings. The molecular formula is C12H17BrO3. The Bertz CT molecular complexity index is 317. The van der Waals surface area contributed by atoms with Gasteiger partial charge in [-0.2, -0.15) is 0 Å². The Morgan fingerprint density at radius 1 is 1.50 bits per heavy atom. The molecule has 16 heavy (non-hydrogen) atoms. The molecule has 3 rings (SSSR count). The third kappa shape index (κ3) is 1.36. The molecule has 5 atom stereocenters. The molecule has 3 nitrogen and oxygen atoms in total. The monoisotopic (exact) mass is 288 g/mol. The molecule has 1 saturated heterocycles. The number of carbonyl (C=O) groups is 1. The summed E-state index contributed by atoms with van der Waals surface area (Å²) in [7, 11) is 0. The summed E-state index contributed by atoms with van der Waals surface area (Å²) in [5.41, 5.74) is 0. The average Bonchev–Trinajstić information content (AvgIpc) is 2.57. The summed E-state index contributed by atoms with van der Waals surface area (Å²) in [5.74, 6) is 0.405. The second-order valence-electron chi connectivity index (χ2n) is 5.15. The summed E-state index contributed by atoms with van der Waals surface area (Å²) in [6.07, 6.45) is 3.49. The zero-order chi connectivity index (χ0) is 11.3. The molecule has 0 aromatic rings. The van der Waals surface area contributed by atoms with E-state index in [9.17, 15) is 4.79 Å². The Balaban J connectivity index is 1.90. The Labute approximate surface area is 104 Å². The van der Waals surface area contributed by atoms with Crippen LogP contribution in [0.5, 0.6) is 0 Å². The molecule has 0 aromatic carbocycles. The van der Waals surface area contributed by atoms with Crippen molar-refractivity contribution in [2.45, 2.75) is 49.3 Å². The van der Waals surface area contributed by atoms with Gasteiger partial charge in [0.1, 0.15) is 6.10 Å². The highest BCUT2D eigenvalue weighted by Crippen LogP contribution is 2.55. The van der Waals surface area contributed by atoms with Crippen molar-refractivity contribution in [1.29, 1.82) is 0 Å². The number of ketones is 1. The topological polar surface area (TPSA) is 35.5 Å². The number of ether oxygens (including phenoxy) is 2. The van der Waals surface area contributed by atoms with Crippen molar-refractivity contribution in [2.75, 3.05) is 6.61 Å². The van der Waals surface area contributed by atoms with Gasteiger partial charge in [0.15, 0.2) is 11.6 Å². The van der Waals surface area contributed by atoms with Gasteiger partial charge in [-0.15, -0.1) is 0 Å². The van der Waals surface area contributed by atoms with Crippen LogP contribution in [-0.4, -0.2) is 29.1 Å². The molecule has 0 unspecified atom stereocenters. The van der Waals surface area contributed by atoms with Gasteiger partial charge in [0.25, 0.3) is 0 Å². The SMILES string of the molecule is CCCO[C@@]12O[C@H]3C[C@@H]1C[C@@H](C[C@H]2Br)C3=O. The lowest BCUT2D eigenvalue weighted by Gasteiger charge is -2.43. The Morgan fingerprint density at radius 3 is 3.06 bits per heavy atom. The summed E-state index contributed by atoms with van der Waals surface area (Å²) in [4.78, 5) is 12.2. The molecule has 2 saturated carbocycles. The predicted octanol–water partition coefficient (Wildman–Crippen LogP) is 2.27. The second kappa shape index (κ2) is 3.79. The zero-order valence-corrected chi connectivity index (χ0v) is 11.0. The maximum atomic E-state index is 12.0. The van der Waals surface area contributed by atoms with Gasteiger partial charge in [0.2, 0.25) is 0 Å². The summed E-state index contributed by atoms with van der Waals surface area (Å²) in [6, 6.07) is 0. The van der Waals surface area contributed by atoms with Crippen LogP contribution in [-0.2, 0) is 14.3 Å². The van der Waals surface area contributed by atoms with Gasteiger partial charge < -0.3 is 9.47 Å². The minimum absolute atomic E-state index is 0.173. The van der Waals surface area contributed by atoms with Crippen molar-refractivity contribution in [1.82, 2.24) is 0 Å². The fourth-order valence-corrected chi connectivity index (χ4v) is 4.47. The second-order valence-corrected chi connectivity index (χ2v) is 6.25. The summed E-state index contributed by atoms with van der Waals surface area (Å²) < 4.78 is 12.0. The van der Waals surface area contributed by atoms with Crippen LogP contribution >= 0.6 is 15.9 Å². The molecular weight excluding hydrogens is 272 g/mol. The Hall–Kier alpha value is 0.0700. The van der Waals surface area contributed by atoms with Gasteiger partial charge in [-0.25, -0.2) is 0 Å². The first-order valence-electron chi connectivity index (χ1n) is 6.17. The third-order valence-corrected chi connectivity index (χ3v) is 5.15. The van der Waals surface area contributed by atoms with E-state index < -0.39 is 5.79 Å². The number of halogens is 1. The highest BCUT2D eigenvalue weighted by Gasteiger charge is 2.63. The standard InChI is InChI=1S/C12H17BrO3/c1-2-3-15-12-8-4-7(5-10(12)13)11(14)9(6-8)16-12/h7-10H,2-6H2,1H3/t7-,8-,9-,10+,12+/m0/s1. The first kappa shape index (κ1) is 11.2. The number of rotatable bonds is 3. The number of fused-ring (bicyclic) bond motifs is 2. The van der Waals surface area contributed by atoms with Gasteiger partial charge in [-0.3, -0.25) is 4.79 Å². The molecule has 90 valence electrons. The minimum Gasteiger partial charge on any atom is -0.349 e. The fraction of sp³-hybridized carbons (Fsp3) is 0.917. The van der Waals surface area contributed by atoms with E-state index in [1.807, 2.05) is 0 Å². The Morgan fingerprint density at radius 2 is 2.31 bits per heavy atom. The van der Waals surface area contributed by atoms with Crippen molar-refractivity contribution < 1.29 is 14.3 Å². The van der Waals surface area contributed by atoms with Gasteiger partial charge in [0, 0.05) is 18.4 Å². The van der Waals surface area contributed by atoms with Gasteiger partial charge >= 0.3 is 0 Å². The van der Waals surface area contributed by atoms with E-state index in [0.717, 1.165) is 25.7 Å². The number of carbonyl (C=O) groups excluding carboxylic acids is 1. The van der Waals surface area contributed by atoms with Crippen LogP contribution in [0.25, 0.3) is 0 Å². The average molecular weight is 289 g/mol. The van der Waals surface area contributed by atoms with Gasteiger partial charge in [0.05, 0.1) is 4.83 Å². The van der Waals surface area contributed by atoms with E-state index in [2.05, 4.69) is 22.9 Å². The molecule has 4 heteroatoms. The van der Waals surface area contributed by atoms with Crippen molar-refractivity contribution in [3.05, 3.63) is 0 Å². The molecule has 2 aliphatic carbocycles. The molecule has 0 radical (unpaired) electrons. The van der Waals surface area contributed by atoms with Crippen molar-refractivity contribution in [3.8, 4) is 0 Å². The molecule has 3 bridgehead atoms. The summed E-state index contributed by atoms with van der Waals surface area (Å²) in [5, 5.41) is 0. The van der Waals surface area contributed by atoms with Gasteiger partial charge in [-0.05, 0) is 25.7 Å². The first-order valence-corrected chi connectivity index (χ1v) is 7.08. The number of Topliss-reactive ketones (excluding diaryl/α,β-unsaturated/α-hetero) is 1. The van der Waals surface area contributed by atoms with E-state index in [1.165, 1.54) is 0 Å². The van der Waals surface area contributed by atoms with E-state index in [4.69, 9.17) is 9.47 Å². The number of hydrogen-bond acceptors (Lipinski definition) is 3. The van der Waals surface area contributed by atoms with Crippen LogP contribution in [0.15, 0.2) is 0 Å². The van der Waals surface area contributed by atoms with Gasteiger partial charge in [-0.1, -0.05) is 22.9 Å². The van der Waals surface area contributed by atoms with Crippen LogP contribution < -0.4 is 0 Å². The quantitative estimate of drug-likeness (QED) is 0.748. The minimum atomic E-state index is -0.511. The number of hydrogen-bond donors (Lipinski definition) is 0. The van der Waals surface area contributed by atoms with E-state index in [1.54, 1.807) is 0 Å². The molecule has 0 aromatic heterocycles. The molecule has 3 fully saturated rings. The highest BCUT2D eigenvalue weighted by molar-refractivity contribution is 9.09. The lowest BCUT2D eigenvalue weighted by atomic mass is 9.70. The molecule has 0 N–H and O–H groups in total. The Kier molecular flexibility index (Phi) is 2.64. The molecule has 0 spiro atoms.